The molecule has 0 aliphatic rings. The summed E-state index contributed by atoms with van der Waals surface area (Å²) in [6.45, 7) is 3.53. The Balaban J connectivity index is 1.57. The number of fused-ring (bicyclic) bond motifs is 1. The summed E-state index contributed by atoms with van der Waals surface area (Å²) in [6, 6.07) is 26.7. The van der Waals surface area contributed by atoms with E-state index in [1.807, 2.05) is 55.5 Å². The van der Waals surface area contributed by atoms with E-state index in [-0.39, 0.29) is 5.82 Å². The molecule has 0 heterocycles. The zero-order valence-corrected chi connectivity index (χ0v) is 16.9. The first-order chi connectivity index (χ1) is 14.7. The maximum absolute atomic E-state index is 13.5. The number of hydrogen-bond donors (Lipinski definition) is 1. The normalized spacial score (nSPS) is 10.7. The molecule has 0 fully saturated rings. The van der Waals surface area contributed by atoms with Gasteiger partial charge in [0.1, 0.15) is 23.9 Å². The van der Waals surface area contributed by atoms with Crippen LogP contribution in [0.2, 0.25) is 0 Å². The summed E-state index contributed by atoms with van der Waals surface area (Å²) in [5.74, 6) is 1.38. The molecule has 3 nitrogen and oxygen atoms in total. The molecule has 0 atom stereocenters. The highest BCUT2D eigenvalue weighted by atomic mass is 19.1. The van der Waals surface area contributed by atoms with E-state index in [2.05, 4.69) is 23.5 Å². The van der Waals surface area contributed by atoms with Crippen molar-refractivity contribution in [2.45, 2.75) is 20.1 Å². The molecule has 1 N–H and O–H groups in total. The zero-order chi connectivity index (χ0) is 20.8. The van der Waals surface area contributed by atoms with E-state index in [0.717, 1.165) is 39.1 Å². The second-order valence-electron chi connectivity index (χ2n) is 6.99. The maximum Gasteiger partial charge on any atom is 0.125 e. The third-order valence-electron chi connectivity index (χ3n) is 4.92. The summed E-state index contributed by atoms with van der Waals surface area (Å²) in [7, 11) is 0. The topological polar surface area (TPSA) is 30.5 Å². The minimum absolute atomic E-state index is 0.257. The minimum atomic E-state index is -0.257. The maximum atomic E-state index is 13.5. The van der Waals surface area contributed by atoms with E-state index >= 15 is 0 Å². The Bertz CT molecular complexity index is 1130. The van der Waals surface area contributed by atoms with E-state index in [0.29, 0.717) is 19.8 Å². The van der Waals surface area contributed by atoms with Crippen molar-refractivity contribution in [3.63, 3.8) is 0 Å². The molecular formula is C26H24FNO2. The first kappa shape index (κ1) is 19.8. The molecule has 0 radical (unpaired) electrons. The number of ether oxygens (including phenoxy) is 2. The molecule has 0 aromatic heterocycles. The Morgan fingerprint density at radius 2 is 1.67 bits per heavy atom. The molecule has 152 valence electrons. The second-order valence-corrected chi connectivity index (χ2v) is 6.99. The average Bonchev–Trinajstić information content (AvgIpc) is 2.77. The highest BCUT2D eigenvalue weighted by molar-refractivity contribution is 5.88. The number of benzene rings is 4. The van der Waals surface area contributed by atoms with Crippen molar-refractivity contribution in [3.05, 3.63) is 102 Å². The van der Waals surface area contributed by atoms with Gasteiger partial charge in [0.25, 0.3) is 0 Å². The van der Waals surface area contributed by atoms with Crippen LogP contribution in [0.4, 0.5) is 10.1 Å². The van der Waals surface area contributed by atoms with E-state index in [1.54, 1.807) is 6.07 Å². The molecule has 0 saturated heterocycles. The van der Waals surface area contributed by atoms with E-state index < -0.39 is 0 Å². The third-order valence-corrected chi connectivity index (χ3v) is 4.92. The third kappa shape index (κ3) is 4.71. The van der Waals surface area contributed by atoms with Gasteiger partial charge in [-0.2, -0.15) is 0 Å². The molecule has 0 spiro atoms. The number of halogens is 1. The fourth-order valence-corrected chi connectivity index (χ4v) is 3.45. The minimum Gasteiger partial charge on any atom is -0.494 e. The van der Waals surface area contributed by atoms with E-state index in [4.69, 9.17) is 9.47 Å². The van der Waals surface area contributed by atoms with Crippen molar-refractivity contribution >= 4 is 16.5 Å². The Labute approximate surface area is 176 Å². The summed E-state index contributed by atoms with van der Waals surface area (Å²) in [5, 5.41) is 5.76. The molecule has 0 amide bonds. The Hall–Kier alpha value is -3.53. The lowest BCUT2D eigenvalue weighted by Crippen LogP contribution is -2.05. The number of anilines is 1. The monoisotopic (exact) mass is 401 g/mol. The van der Waals surface area contributed by atoms with Crippen LogP contribution >= 0.6 is 0 Å². The molecular weight excluding hydrogens is 377 g/mol. The van der Waals surface area contributed by atoms with Gasteiger partial charge in [0.2, 0.25) is 0 Å². The van der Waals surface area contributed by atoms with Crippen LogP contribution in [0.25, 0.3) is 10.8 Å². The van der Waals surface area contributed by atoms with Crippen LogP contribution in [0, 0.1) is 5.82 Å². The van der Waals surface area contributed by atoms with Gasteiger partial charge in [-0.3, -0.25) is 0 Å². The van der Waals surface area contributed by atoms with Crippen molar-refractivity contribution in [2.75, 3.05) is 11.9 Å². The summed E-state index contributed by atoms with van der Waals surface area (Å²) >= 11 is 0. The SMILES string of the molecule is CCOc1ccc(NCc2c(OCc3cccc(F)c3)ccc3ccccc23)cc1. The highest BCUT2D eigenvalue weighted by Gasteiger charge is 2.10. The van der Waals surface area contributed by atoms with Crippen molar-refractivity contribution < 1.29 is 13.9 Å². The fraction of sp³-hybridized carbons (Fsp3) is 0.154. The van der Waals surface area contributed by atoms with Crippen LogP contribution in [-0.2, 0) is 13.2 Å². The number of rotatable bonds is 8. The lowest BCUT2D eigenvalue weighted by Gasteiger charge is -2.16. The second kappa shape index (κ2) is 9.31. The van der Waals surface area contributed by atoms with Gasteiger partial charge in [-0.25, -0.2) is 4.39 Å². The first-order valence-corrected chi connectivity index (χ1v) is 10.1. The molecule has 0 bridgehead atoms. The molecule has 4 aromatic carbocycles. The van der Waals surface area contributed by atoms with Gasteiger partial charge in [-0.15, -0.1) is 0 Å². The van der Waals surface area contributed by atoms with Gasteiger partial charge < -0.3 is 14.8 Å². The summed E-state index contributed by atoms with van der Waals surface area (Å²) in [5.41, 5.74) is 2.87. The lowest BCUT2D eigenvalue weighted by molar-refractivity contribution is 0.303. The molecule has 0 saturated carbocycles. The Morgan fingerprint density at radius 3 is 2.47 bits per heavy atom. The predicted molar refractivity (Wildman–Crippen MR) is 120 cm³/mol. The quantitative estimate of drug-likeness (QED) is 0.362. The van der Waals surface area contributed by atoms with Crippen LogP contribution in [-0.4, -0.2) is 6.61 Å². The summed E-state index contributed by atoms with van der Waals surface area (Å²) < 4.78 is 25.1. The molecule has 0 unspecified atom stereocenters. The largest absolute Gasteiger partial charge is 0.494 e. The van der Waals surface area contributed by atoms with Gasteiger partial charge in [0, 0.05) is 17.8 Å². The van der Waals surface area contributed by atoms with Crippen molar-refractivity contribution in [1.29, 1.82) is 0 Å². The van der Waals surface area contributed by atoms with Crippen molar-refractivity contribution in [2.24, 2.45) is 0 Å². The van der Waals surface area contributed by atoms with Crippen LogP contribution in [0.1, 0.15) is 18.1 Å². The summed E-state index contributed by atoms with van der Waals surface area (Å²) in [4.78, 5) is 0. The van der Waals surface area contributed by atoms with Crippen LogP contribution in [0.3, 0.4) is 0 Å². The molecule has 30 heavy (non-hydrogen) atoms. The van der Waals surface area contributed by atoms with Gasteiger partial charge in [-0.1, -0.05) is 42.5 Å². The Kier molecular flexibility index (Phi) is 6.14. The van der Waals surface area contributed by atoms with Gasteiger partial charge in [0.15, 0.2) is 0 Å². The van der Waals surface area contributed by atoms with Crippen molar-refractivity contribution in [3.8, 4) is 11.5 Å². The van der Waals surface area contributed by atoms with Crippen LogP contribution < -0.4 is 14.8 Å². The molecule has 4 rings (SSSR count). The van der Waals surface area contributed by atoms with Crippen molar-refractivity contribution in [1.82, 2.24) is 0 Å². The highest BCUT2D eigenvalue weighted by Crippen LogP contribution is 2.30. The van der Waals surface area contributed by atoms with Gasteiger partial charge in [0.05, 0.1) is 6.61 Å². The molecule has 0 aliphatic carbocycles. The van der Waals surface area contributed by atoms with Crippen LogP contribution in [0.5, 0.6) is 11.5 Å². The fourth-order valence-electron chi connectivity index (χ4n) is 3.45. The van der Waals surface area contributed by atoms with E-state index in [1.165, 1.54) is 12.1 Å². The van der Waals surface area contributed by atoms with Gasteiger partial charge in [-0.05, 0) is 65.7 Å². The smallest absolute Gasteiger partial charge is 0.125 e. The van der Waals surface area contributed by atoms with Gasteiger partial charge >= 0.3 is 0 Å². The molecule has 4 aromatic rings. The van der Waals surface area contributed by atoms with Crippen LogP contribution in [0.15, 0.2) is 84.9 Å². The zero-order valence-electron chi connectivity index (χ0n) is 16.9. The summed E-state index contributed by atoms with van der Waals surface area (Å²) in [6.07, 6.45) is 0. The van der Waals surface area contributed by atoms with E-state index in [9.17, 15) is 4.39 Å². The standard InChI is InChI=1S/C26H24FNO2/c1-2-29-23-13-11-22(12-14-23)28-17-25-24-9-4-3-7-20(24)10-15-26(25)30-18-19-6-5-8-21(27)16-19/h3-16,28H,2,17-18H2,1H3. The Morgan fingerprint density at radius 1 is 0.833 bits per heavy atom. The first-order valence-electron chi connectivity index (χ1n) is 10.1. The lowest BCUT2D eigenvalue weighted by atomic mass is 10.0. The average molecular weight is 401 g/mol. The molecule has 4 heteroatoms. The number of nitrogens with one attached hydrogen (secondary N) is 1. The molecule has 0 aliphatic heterocycles. The predicted octanol–water partition coefficient (Wildman–Crippen LogP) is 6.57. The number of hydrogen-bond acceptors (Lipinski definition) is 3.